The molecule has 2 aromatic carbocycles. The summed E-state index contributed by atoms with van der Waals surface area (Å²) in [7, 11) is -2.98. The molecule has 0 spiro atoms. The maximum absolute atomic E-state index is 13.8. The van der Waals surface area contributed by atoms with Gasteiger partial charge in [0, 0.05) is 25.7 Å². The minimum Gasteiger partial charge on any atom is -0.444 e. The van der Waals surface area contributed by atoms with Crippen molar-refractivity contribution in [2.75, 3.05) is 33.3 Å². The molecule has 14 heteroatoms. The van der Waals surface area contributed by atoms with E-state index in [0.717, 1.165) is 18.2 Å². The molecule has 2 aliphatic rings. The zero-order chi connectivity index (χ0) is 32.8. The summed E-state index contributed by atoms with van der Waals surface area (Å²) in [5, 5.41) is 4.36. The lowest BCUT2D eigenvalue weighted by Crippen LogP contribution is -2.53. The quantitative estimate of drug-likeness (QED) is 0.296. The Bertz CT molecular complexity index is 1500. The molecule has 1 heterocycles. The fourth-order valence-corrected chi connectivity index (χ4v) is 6.51. The highest BCUT2D eigenvalue weighted by Gasteiger charge is 2.39. The fourth-order valence-electron chi connectivity index (χ4n) is 5.28. The van der Waals surface area contributed by atoms with Gasteiger partial charge in [-0.05, 0) is 75.3 Å². The molecule has 246 valence electrons. The third-order valence-corrected chi connectivity index (χ3v) is 9.04. The Balaban J connectivity index is 1.48. The Hall–Kier alpha value is -3.75. The summed E-state index contributed by atoms with van der Waals surface area (Å²) in [6.07, 6.45) is 1.93. The van der Waals surface area contributed by atoms with E-state index in [2.05, 4.69) is 20.4 Å². The van der Waals surface area contributed by atoms with Crippen LogP contribution in [0.4, 0.5) is 4.79 Å². The van der Waals surface area contributed by atoms with Gasteiger partial charge in [-0.15, -0.1) is 0 Å². The van der Waals surface area contributed by atoms with Crippen molar-refractivity contribution in [1.29, 1.82) is 0 Å². The molecule has 13 nitrogen and oxygen atoms in total. The fraction of sp³-hybridized carbons (Fsp3) is 0.548. The Labute approximate surface area is 264 Å². The minimum atomic E-state index is -4.25. The average Bonchev–Trinajstić information content (AvgIpc) is 3.83. The molecule has 1 saturated heterocycles. The number of rotatable bonds is 12. The third-order valence-electron chi connectivity index (χ3n) is 7.58. The summed E-state index contributed by atoms with van der Waals surface area (Å²) in [5.41, 5.74) is 1.55. The molecule has 2 aromatic rings. The average molecular weight is 646 g/mol. The first-order valence-electron chi connectivity index (χ1n) is 15.1. The van der Waals surface area contributed by atoms with Crippen molar-refractivity contribution in [2.24, 2.45) is 5.92 Å². The topological polar surface area (TPSA) is 163 Å². The molecule has 4 amide bonds. The van der Waals surface area contributed by atoms with E-state index >= 15 is 0 Å². The largest absolute Gasteiger partial charge is 0.444 e. The van der Waals surface area contributed by atoms with Crippen LogP contribution in [0.5, 0.6) is 0 Å². The zero-order valence-corrected chi connectivity index (χ0v) is 27.0. The van der Waals surface area contributed by atoms with E-state index in [-0.39, 0.29) is 29.9 Å². The van der Waals surface area contributed by atoms with E-state index in [1.807, 2.05) is 12.1 Å². The molecular weight excluding hydrogens is 602 g/mol. The van der Waals surface area contributed by atoms with Crippen LogP contribution < -0.4 is 15.5 Å². The van der Waals surface area contributed by atoms with Gasteiger partial charge in [0.25, 0.3) is 5.91 Å². The number of sulfonamides is 1. The molecule has 1 aliphatic carbocycles. The molecule has 2 fully saturated rings. The van der Waals surface area contributed by atoms with Crippen LogP contribution in [0.25, 0.3) is 10.8 Å². The number of hydroxylamine groups is 1. The first kappa shape index (κ1) is 34.1. The lowest BCUT2D eigenvalue weighted by atomic mass is 9.98. The Morgan fingerprint density at radius 3 is 2.40 bits per heavy atom. The number of likely N-dealkylation sites (tertiary alicyclic amines) is 1. The summed E-state index contributed by atoms with van der Waals surface area (Å²) in [6, 6.07) is 10.2. The van der Waals surface area contributed by atoms with Gasteiger partial charge in [-0.3, -0.25) is 19.2 Å². The molecule has 2 atom stereocenters. The molecule has 0 unspecified atom stereocenters. The van der Waals surface area contributed by atoms with Gasteiger partial charge in [-0.1, -0.05) is 30.3 Å². The van der Waals surface area contributed by atoms with Crippen molar-refractivity contribution >= 4 is 44.6 Å². The second-order valence-electron chi connectivity index (χ2n) is 12.6. The molecule has 4 rings (SSSR count). The van der Waals surface area contributed by atoms with E-state index in [4.69, 9.17) is 4.74 Å². The van der Waals surface area contributed by atoms with Crippen LogP contribution >= 0.6 is 0 Å². The molecule has 3 N–H and O–H groups in total. The summed E-state index contributed by atoms with van der Waals surface area (Å²) in [5.74, 6) is -1.84. The molecule has 0 radical (unpaired) electrons. The molecular formula is C31H43N5O8S. The number of amides is 4. The van der Waals surface area contributed by atoms with Crippen molar-refractivity contribution in [3.8, 4) is 0 Å². The van der Waals surface area contributed by atoms with Gasteiger partial charge < -0.3 is 19.9 Å². The number of fused-ring (bicyclic) bond motifs is 1. The van der Waals surface area contributed by atoms with Crippen LogP contribution in [-0.4, -0.2) is 93.0 Å². The van der Waals surface area contributed by atoms with Gasteiger partial charge in [0.1, 0.15) is 18.2 Å². The predicted octanol–water partition coefficient (Wildman–Crippen LogP) is 2.31. The maximum Gasteiger partial charge on any atom is 0.410 e. The molecule has 1 aliphatic heterocycles. The zero-order valence-electron chi connectivity index (χ0n) is 26.2. The Kier molecular flexibility index (Phi) is 11.0. The third kappa shape index (κ3) is 9.87. The smallest absolute Gasteiger partial charge is 0.410 e. The van der Waals surface area contributed by atoms with Gasteiger partial charge in [-0.25, -0.2) is 18.7 Å². The van der Waals surface area contributed by atoms with Crippen LogP contribution in [0.3, 0.4) is 0 Å². The Morgan fingerprint density at radius 1 is 1.02 bits per heavy atom. The highest BCUT2D eigenvalue weighted by molar-refractivity contribution is 7.89. The second kappa shape index (κ2) is 14.6. The lowest BCUT2D eigenvalue weighted by Gasteiger charge is -2.34. The van der Waals surface area contributed by atoms with Crippen molar-refractivity contribution in [3.63, 3.8) is 0 Å². The number of carbonyl (C=O) groups is 4. The standard InChI is InChI=1S/C31H43N5O8S/c1-31(2,3)44-30(40)35-15-7-8-21(19-35)18-32-27(37)17-26(29(39)36(24-12-13-24)20-28(38)33-43-4)34-45(41,42)25-14-11-22-9-5-6-10-23(22)16-25/h5-6,9-11,14,16,21,24,26,34H,7-8,12-13,15,17-20H2,1-4H3,(H,32,37)(H,33,38)/t21-,26-/m0/s1. The van der Waals surface area contributed by atoms with Crippen LogP contribution in [0.2, 0.25) is 0 Å². The number of ether oxygens (including phenoxy) is 1. The number of nitrogens with one attached hydrogen (secondary N) is 3. The summed E-state index contributed by atoms with van der Waals surface area (Å²) in [6.45, 7) is 6.23. The number of benzene rings is 2. The monoisotopic (exact) mass is 645 g/mol. The van der Waals surface area contributed by atoms with Gasteiger partial charge >= 0.3 is 6.09 Å². The molecule has 1 saturated carbocycles. The number of carbonyl (C=O) groups excluding carboxylic acids is 4. The van der Waals surface area contributed by atoms with Gasteiger partial charge in [0.05, 0.1) is 18.4 Å². The van der Waals surface area contributed by atoms with Crippen molar-refractivity contribution < 1.29 is 37.2 Å². The number of nitrogens with zero attached hydrogens (tertiary/aromatic N) is 2. The highest BCUT2D eigenvalue weighted by Crippen LogP contribution is 2.28. The molecule has 45 heavy (non-hydrogen) atoms. The maximum atomic E-state index is 13.8. The number of piperidine rings is 1. The minimum absolute atomic E-state index is 0.0423. The van der Waals surface area contributed by atoms with E-state index < -0.39 is 51.9 Å². The number of hydrogen-bond acceptors (Lipinski definition) is 8. The van der Waals surface area contributed by atoms with Gasteiger partial charge in [-0.2, -0.15) is 4.72 Å². The van der Waals surface area contributed by atoms with Crippen molar-refractivity contribution in [2.45, 2.75) is 75.5 Å². The normalized spacial score (nSPS) is 17.8. The lowest BCUT2D eigenvalue weighted by molar-refractivity contribution is -0.142. The van der Waals surface area contributed by atoms with Gasteiger partial charge in [0.2, 0.25) is 21.8 Å². The van der Waals surface area contributed by atoms with E-state index in [0.29, 0.717) is 31.3 Å². The van der Waals surface area contributed by atoms with Crippen LogP contribution in [-0.2, 0) is 34.0 Å². The first-order chi connectivity index (χ1) is 21.3. The van der Waals surface area contributed by atoms with Crippen LogP contribution in [0, 0.1) is 5.92 Å². The SMILES string of the molecule is CONC(=O)CN(C(=O)[C@H](CC(=O)NC[C@@H]1CCCN(C(=O)OC(C)(C)C)C1)NS(=O)(=O)c1ccc2ccccc2c1)C1CC1. The highest BCUT2D eigenvalue weighted by atomic mass is 32.2. The summed E-state index contributed by atoms with van der Waals surface area (Å²) >= 11 is 0. The van der Waals surface area contributed by atoms with E-state index in [9.17, 15) is 27.6 Å². The second-order valence-corrected chi connectivity index (χ2v) is 14.3. The summed E-state index contributed by atoms with van der Waals surface area (Å²) in [4.78, 5) is 59.4. The van der Waals surface area contributed by atoms with E-state index in [1.165, 1.54) is 24.1 Å². The first-order valence-corrected chi connectivity index (χ1v) is 16.6. The van der Waals surface area contributed by atoms with Gasteiger partial charge in [0.15, 0.2) is 0 Å². The number of hydrogen-bond donors (Lipinski definition) is 3. The van der Waals surface area contributed by atoms with Crippen molar-refractivity contribution in [3.05, 3.63) is 42.5 Å². The van der Waals surface area contributed by atoms with Crippen LogP contribution in [0.15, 0.2) is 47.4 Å². The van der Waals surface area contributed by atoms with E-state index in [1.54, 1.807) is 43.9 Å². The Morgan fingerprint density at radius 2 is 1.73 bits per heavy atom. The predicted molar refractivity (Wildman–Crippen MR) is 166 cm³/mol. The van der Waals surface area contributed by atoms with Crippen LogP contribution in [0.1, 0.15) is 52.9 Å². The molecule has 0 aromatic heterocycles. The summed E-state index contributed by atoms with van der Waals surface area (Å²) < 4.78 is 35.0. The molecule has 0 bridgehead atoms. The van der Waals surface area contributed by atoms with Crippen molar-refractivity contribution in [1.82, 2.24) is 25.3 Å².